The predicted molar refractivity (Wildman–Crippen MR) is 80.7 cm³/mol. The molecule has 0 spiro atoms. The van der Waals surface area contributed by atoms with E-state index in [4.69, 9.17) is 0 Å². The lowest BCUT2D eigenvalue weighted by molar-refractivity contribution is -0.132. The van der Waals surface area contributed by atoms with Gasteiger partial charge in [-0.05, 0) is 37.5 Å². The maximum Gasteiger partial charge on any atom is 0.317 e. The topological polar surface area (TPSA) is 52.7 Å². The summed E-state index contributed by atoms with van der Waals surface area (Å²) < 4.78 is 0. The van der Waals surface area contributed by atoms with Gasteiger partial charge in [-0.3, -0.25) is 4.79 Å². The number of piperidine rings is 1. The molecular formula is C16H25N3O2. The van der Waals surface area contributed by atoms with Crippen molar-refractivity contribution in [2.45, 2.75) is 38.1 Å². The van der Waals surface area contributed by atoms with Gasteiger partial charge in [0.15, 0.2) is 0 Å². The van der Waals surface area contributed by atoms with Crippen LogP contribution in [0.1, 0.15) is 32.1 Å². The van der Waals surface area contributed by atoms with Gasteiger partial charge in [0.05, 0.1) is 0 Å². The van der Waals surface area contributed by atoms with Crippen molar-refractivity contribution in [1.82, 2.24) is 15.1 Å². The number of urea groups is 1. The van der Waals surface area contributed by atoms with Crippen LogP contribution in [-0.2, 0) is 4.79 Å². The number of hydrogen-bond acceptors (Lipinski definition) is 2. The summed E-state index contributed by atoms with van der Waals surface area (Å²) in [4.78, 5) is 28.4. The Balaban J connectivity index is 1.59. The summed E-state index contributed by atoms with van der Waals surface area (Å²) in [5.74, 6) is 1.28. The molecule has 0 aromatic rings. The summed E-state index contributed by atoms with van der Waals surface area (Å²) in [5, 5.41) is 2.85. The molecule has 0 radical (unpaired) electrons. The van der Waals surface area contributed by atoms with Gasteiger partial charge in [-0.1, -0.05) is 6.08 Å². The standard InChI is InChI=1S/C16H25N3O2/c1-2-7-17-16(21)18-8-5-12-10-15(20)19(14-3-4-14)9-6-13(12)11-18/h2,12-14H,1,3-11H2,(H,17,21)/t12-,13-/m0/s1. The van der Waals surface area contributed by atoms with E-state index >= 15 is 0 Å². The Hall–Kier alpha value is -1.52. The summed E-state index contributed by atoms with van der Waals surface area (Å²) in [6.07, 6.45) is 6.73. The van der Waals surface area contributed by atoms with Crippen molar-refractivity contribution in [2.75, 3.05) is 26.2 Å². The molecule has 2 atom stereocenters. The summed E-state index contributed by atoms with van der Waals surface area (Å²) in [6, 6.07) is 0.521. The average molecular weight is 291 g/mol. The highest BCUT2D eigenvalue weighted by molar-refractivity contribution is 5.78. The third kappa shape index (κ3) is 3.22. The minimum absolute atomic E-state index is 0.00275. The molecule has 5 heteroatoms. The van der Waals surface area contributed by atoms with Gasteiger partial charge in [0.1, 0.15) is 0 Å². The van der Waals surface area contributed by atoms with Gasteiger partial charge in [0, 0.05) is 38.6 Å². The molecule has 0 aromatic heterocycles. The first-order valence-electron chi connectivity index (χ1n) is 8.12. The molecule has 3 amide bonds. The lowest BCUT2D eigenvalue weighted by atomic mass is 9.82. The van der Waals surface area contributed by atoms with Crippen molar-refractivity contribution in [3.05, 3.63) is 12.7 Å². The second-order valence-electron chi connectivity index (χ2n) is 6.54. The number of nitrogens with zero attached hydrogens (tertiary/aromatic N) is 2. The van der Waals surface area contributed by atoms with Crippen LogP contribution in [0.25, 0.3) is 0 Å². The first-order valence-corrected chi connectivity index (χ1v) is 8.12. The van der Waals surface area contributed by atoms with Crippen LogP contribution in [0.3, 0.4) is 0 Å². The van der Waals surface area contributed by atoms with E-state index in [0.717, 1.165) is 32.5 Å². The normalized spacial score (nSPS) is 29.6. The second kappa shape index (κ2) is 6.08. The fraction of sp³-hybridized carbons (Fsp3) is 0.750. The van der Waals surface area contributed by atoms with Crippen LogP contribution in [0.15, 0.2) is 12.7 Å². The molecule has 3 fully saturated rings. The monoisotopic (exact) mass is 291 g/mol. The van der Waals surface area contributed by atoms with Crippen LogP contribution in [-0.4, -0.2) is 54.0 Å². The SMILES string of the molecule is C=CCNC(=O)N1CC[C@H]2CC(=O)N(C3CC3)CC[C@H]2C1. The van der Waals surface area contributed by atoms with E-state index in [2.05, 4.69) is 16.8 Å². The molecule has 2 saturated heterocycles. The molecule has 3 rings (SSSR count). The lowest BCUT2D eigenvalue weighted by Crippen LogP contribution is -2.48. The minimum Gasteiger partial charge on any atom is -0.340 e. The maximum absolute atomic E-state index is 12.3. The molecule has 1 saturated carbocycles. The lowest BCUT2D eigenvalue weighted by Gasteiger charge is -2.37. The number of nitrogens with one attached hydrogen (secondary N) is 1. The molecule has 0 unspecified atom stereocenters. The molecule has 2 aliphatic heterocycles. The average Bonchev–Trinajstić information content (AvgIpc) is 3.30. The molecule has 2 heterocycles. The number of amides is 3. The van der Waals surface area contributed by atoms with Gasteiger partial charge >= 0.3 is 6.03 Å². The minimum atomic E-state index is 0.00275. The number of hydrogen-bond donors (Lipinski definition) is 1. The van der Waals surface area contributed by atoms with Crippen molar-refractivity contribution < 1.29 is 9.59 Å². The highest BCUT2D eigenvalue weighted by atomic mass is 16.2. The van der Waals surface area contributed by atoms with Gasteiger partial charge in [-0.15, -0.1) is 6.58 Å². The third-order valence-electron chi connectivity index (χ3n) is 5.06. The zero-order valence-corrected chi connectivity index (χ0v) is 12.6. The van der Waals surface area contributed by atoms with Crippen LogP contribution < -0.4 is 5.32 Å². The first kappa shape index (κ1) is 14.4. The molecule has 3 aliphatic rings. The van der Waals surface area contributed by atoms with E-state index in [1.54, 1.807) is 6.08 Å². The van der Waals surface area contributed by atoms with E-state index in [9.17, 15) is 9.59 Å². The molecule has 0 aromatic carbocycles. The van der Waals surface area contributed by atoms with Gasteiger partial charge < -0.3 is 15.1 Å². The van der Waals surface area contributed by atoms with Gasteiger partial charge in [-0.25, -0.2) is 4.79 Å². The Kier molecular flexibility index (Phi) is 4.17. The zero-order valence-electron chi connectivity index (χ0n) is 12.6. The van der Waals surface area contributed by atoms with Gasteiger partial charge in [0.2, 0.25) is 5.91 Å². The fourth-order valence-corrected chi connectivity index (χ4v) is 3.68. The first-order chi connectivity index (χ1) is 10.2. The Labute approximate surface area is 126 Å². The number of rotatable bonds is 3. The molecule has 116 valence electrons. The van der Waals surface area contributed by atoms with Crippen LogP contribution in [0, 0.1) is 11.8 Å². The summed E-state index contributed by atoms with van der Waals surface area (Å²) in [6.45, 7) is 6.57. The largest absolute Gasteiger partial charge is 0.340 e. The van der Waals surface area contributed by atoms with Crippen molar-refractivity contribution >= 4 is 11.9 Å². The Bertz CT molecular complexity index is 433. The smallest absolute Gasteiger partial charge is 0.317 e. The van der Waals surface area contributed by atoms with Crippen LogP contribution >= 0.6 is 0 Å². The number of fused-ring (bicyclic) bond motifs is 1. The van der Waals surface area contributed by atoms with E-state index in [1.165, 1.54) is 12.8 Å². The highest BCUT2D eigenvalue weighted by Crippen LogP contribution is 2.36. The zero-order chi connectivity index (χ0) is 14.8. The fourth-order valence-electron chi connectivity index (χ4n) is 3.68. The quantitative estimate of drug-likeness (QED) is 0.803. The molecule has 5 nitrogen and oxygen atoms in total. The van der Waals surface area contributed by atoms with Crippen molar-refractivity contribution in [2.24, 2.45) is 11.8 Å². The summed E-state index contributed by atoms with van der Waals surface area (Å²) >= 11 is 0. The van der Waals surface area contributed by atoms with E-state index in [0.29, 0.717) is 36.8 Å². The Morgan fingerprint density at radius 1 is 1.24 bits per heavy atom. The number of likely N-dealkylation sites (tertiary alicyclic amines) is 2. The third-order valence-corrected chi connectivity index (χ3v) is 5.06. The van der Waals surface area contributed by atoms with E-state index in [1.807, 2.05) is 4.90 Å². The molecule has 1 N–H and O–H groups in total. The molecular weight excluding hydrogens is 266 g/mol. The van der Waals surface area contributed by atoms with Crippen LogP contribution in [0.4, 0.5) is 4.79 Å². The van der Waals surface area contributed by atoms with Crippen molar-refractivity contribution in [1.29, 1.82) is 0 Å². The van der Waals surface area contributed by atoms with Crippen molar-refractivity contribution in [3.8, 4) is 0 Å². The van der Waals surface area contributed by atoms with Crippen LogP contribution in [0.5, 0.6) is 0 Å². The van der Waals surface area contributed by atoms with E-state index in [-0.39, 0.29) is 6.03 Å². The predicted octanol–water partition coefficient (Wildman–Crippen LogP) is 1.60. The van der Waals surface area contributed by atoms with Crippen molar-refractivity contribution in [3.63, 3.8) is 0 Å². The van der Waals surface area contributed by atoms with E-state index < -0.39 is 0 Å². The van der Waals surface area contributed by atoms with Gasteiger partial charge in [-0.2, -0.15) is 0 Å². The molecule has 21 heavy (non-hydrogen) atoms. The summed E-state index contributed by atoms with van der Waals surface area (Å²) in [7, 11) is 0. The number of carbonyl (C=O) groups is 2. The second-order valence-corrected chi connectivity index (χ2v) is 6.54. The Morgan fingerprint density at radius 2 is 2.00 bits per heavy atom. The molecule has 0 bridgehead atoms. The highest BCUT2D eigenvalue weighted by Gasteiger charge is 2.40. The summed E-state index contributed by atoms with van der Waals surface area (Å²) in [5.41, 5.74) is 0. The molecule has 1 aliphatic carbocycles. The van der Waals surface area contributed by atoms with Gasteiger partial charge in [0.25, 0.3) is 0 Å². The maximum atomic E-state index is 12.3. The Morgan fingerprint density at radius 3 is 2.71 bits per heavy atom. The van der Waals surface area contributed by atoms with Crippen LogP contribution in [0.2, 0.25) is 0 Å². The number of carbonyl (C=O) groups excluding carboxylic acids is 2.